The van der Waals surface area contributed by atoms with Crippen molar-refractivity contribution >= 4 is 11.9 Å². The first-order valence-electron chi connectivity index (χ1n) is 10.1. The number of hydrogen-bond donors (Lipinski definition) is 1. The fourth-order valence-electron chi connectivity index (χ4n) is 3.96. The SMILES string of the molecule is CCOC(=O)C(NC(=O)C1CCCC1)c1c(C)nn(Cc2ccccc2)c1C. The average molecular weight is 383 g/mol. The van der Waals surface area contributed by atoms with Crippen molar-refractivity contribution in [2.24, 2.45) is 5.92 Å². The van der Waals surface area contributed by atoms with Crippen LogP contribution in [0.5, 0.6) is 0 Å². The Bertz CT molecular complexity index is 823. The van der Waals surface area contributed by atoms with E-state index < -0.39 is 12.0 Å². The van der Waals surface area contributed by atoms with Crippen LogP contribution >= 0.6 is 0 Å². The van der Waals surface area contributed by atoms with Crippen molar-refractivity contribution in [3.8, 4) is 0 Å². The molecule has 1 saturated carbocycles. The molecule has 28 heavy (non-hydrogen) atoms. The summed E-state index contributed by atoms with van der Waals surface area (Å²) in [6.45, 7) is 6.46. The zero-order valence-corrected chi connectivity index (χ0v) is 16.9. The average Bonchev–Trinajstić information content (AvgIpc) is 3.30. The van der Waals surface area contributed by atoms with E-state index in [1.807, 2.05) is 48.9 Å². The number of amides is 1. The van der Waals surface area contributed by atoms with E-state index in [2.05, 4.69) is 10.4 Å². The molecule has 2 aromatic rings. The van der Waals surface area contributed by atoms with Gasteiger partial charge in [-0.3, -0.25) is 9.48 Å². The molecule has 1 fully saturated rings. The van der Waals surface area contributed by atoms with Gasteiger partial charge in [0.25, 0.3) is 0 Å². The molecule has 1 heterocycles. The maximum atomic E-state index is 12.7. The lowest BCUT2D eigenvalue weighted by atomic mass is 10.0. The Balaban J connectivity index is 1.88. The summed E-state index contributed by atoms with van der Waals surface area (Å²) in [5, 5.41) is 7.58. The van der Waals surface area contributed by atoms with E-state index in [1.54, 1.807) is 6.92 Å². The summed E-state index contributed by atoms with van der Waals surface area (Å²) in [6.07, 6.45) is 3.89. The number of hydrogen-bond acceptors (Lipinski definition) is 4. The van der Waals surface area contributed by atoms with Crippen molar-refractivity contribution in [1.82, 2.24) is 15.1 Å². The topological polar surface area (TPSA) is 73.2 Å². The van der Waals surface area contributed by atoms with Crippen LogP contribution in [0.25, 0.3) is 0 Å². The van der Waals surface area contributed by atoms with Gasteiger partial charge in [-0.2, -0.15) is 5.10 Å². The summed E-state index contributed by atoms with van der Waals surface area (Å²) < 4.78 is 7.15. The number of carbonyl (C=O) groups excluding carboxylic acids is 2. The Labute approximate surface area is 166 Å². The van der Waals surface area contributed by atoms with E-state index in [9.17, 15) is 9.59 Å². The first-order chi connectivity index (χ1) is 13.5. The normalized spacial score (nSPS) is 15.4. The fourth-order valence-corrected chi connectivity index (χ4v) is 3.96. The Morgan fingerprint density at radius 1 is 1.21 bits per heavy atom. The number of nitrogens with one attached hydrogen (secondary N) is 1. The molecule has 1 aromatic carbocycles. The van der Waals surface area contributed by atoms with Gasteiger partial charge in [0.05, 0.1) is 18.8 Å². The molecular formula is C22H29N3O3. The summed E-state index contributed by atoms with van der Waals surface area (Å²) in [5.74, 6) is -0.513. The lowest BCUT2D eigenvalue weighted by Crippen LogP contribution is -2.38. The Kier molecular flexibility index (Phi) is 6.49. The number of aromatic nitrogens is 2. The molecule has 0 radical (unpaired) electrons. The lowest BCUT2D eigenvalue weighted by Gasteiger charge is -2.20. The molecule has 150 valence electrons. The third-order valence-electron chi connectivity index (χ3n) is 5.44. The predicted octanol–water partition coefficient (Wildman–Crippen LogP) is 3.46. The standard InChI is InChI=1S/C22H29N3O3/c1-4-28-22(27)20(23-21(26)18-12-8-9-13-18)19-15(2)24-25(16(19)3)14-17-10-6-5-7-11-17/h5-7,10-11,18,20H,4,8-9,12-14H2,1-3H3,(H,23,26). The maximum Gasteiger partial charge on any atom is 0.333 e. The Hall–Kier alpha value is -2.63. The van der Waals surface area contributed by atoms with Gasteiger partial charge in [0.2, 0.25) is 5.91 Å². The number of nitrogens with zero attached hydrogens (tertiary/aromatic N) is 2. The van der Waals surface area contributed by atoms with Gasteiger partial charge in [-0.1, -0.05) is 43.2 Å². The van der Waals surface area contributed by atoms with Crippen molar-refractivity contribution in [3.63, 3.8) is 0 Å². The molecule has 6 nitrogen and oxygen atoms in total. The van der Waals surface area contributed by atoms with Gasteiger partial charge in [0, 0.05) is 17.2 Å². The molecule has 1 unspecified atom stereocenters. The minimum atomic E-state index is -0.822. The first-order valence-corrected chi connectivity index (χ1v) is 10.1. The molecule has 0 saturated heterocycles. The van der Waals surface area contributed by atoms with Crippen LogP contribution in [0.2, 0.25) is 0 Å². The van der Waals surface area contributed by atoms with Crippen LogP contribution in [0.15, 0.2) is 30.3 Å². The van der Waals surface area contributed by atoms with Gasteiger partial charge in [-0.15, -0.1) is 0 Å². The van der Waals surface area contributed by atoms with Gasteiger partial charge < -0.3 is 10.1 Å². The molecule has 1 amide bonds. The highest BCUT2D eigenvalue weighted by molar-refractivity contribution is 5.87. The second-order valence-electron chi connectivity index (χ2n) is 7.40. The fraction of sp³-hybridized carbons (Fsp3) is 0.500. The van der Waals surface area contributed by atoms with Gasteiger partial charge in [-0.25, -0.2) is 4.79 Å². The number of benzene rings is 1. The summed E-state index contributed by atoms with van der Waals surface area (Å²) in [4.78, 5) is 25.4. The molecule has 1 aromatic heterocycles. The molecule has 0 bridgehead atoms. The number of esters is 1. The van der Waals surface area contributed by atoms with Crippen LogP contribution in [0.1, 0.15) is 61.2 Å². The second kappa shape index (κ2) is 9.04. The second-order valence-corrected chi connectivity index (χ2v) is 7.40. The molecule has 3 rings (SSSR count). The number of rotatable bonds is 7. The molecule has 1 atom stereocenters. The van der Waals surface area contributed by atoms with Crippen LogP contribution in [0.3, 0.4) is 0 Å². The number of carbonyl (C=O) groups is 2. The van der Waals surface area contributed by atoms with E-state index in [0.29, 0.717) is 6.54 Å². The Morgan fingerprint density at radius 3 is 2.54 bits per heavy atom. The van der Waals surface area contributed by atoms with Crippen molar-refractivity contribution in [3.05, 3.63) is 52.8 Å². The van der Waals surface area contributed by atoms with Crippen LogP contribution in [-0.4, -0.2) is 28.3 Å². The monoisotopic (exact) mass is 383 g/mol. The van der Waals surface area contributed by atoms with Crippen LogP contribution in [0, 0.1) is 19.8 Å². The number of ether oxygens (including phenoxy) is 1. The van der Waals surface area contributed by atoms with E-state index in [-0.39, 0.29) is 18.4 Å². The zero-order valence-electron chi connectivity index (χ0n) is 16.9. The van der Waals surface area contributed by atoms with Gasteiger partial charge >= 0.3 is 5.97 Å². The maximum absolute atomic E-state index is 12.7. The lowest BCUT2D eigenvalue weighted by molar-refractivity contribution is -0.148. The molecule has 0 spiro atoms. The first kappa shape index (κ1) is 20.1. The summed E-state index contributed by atoms with van der Waals surface area (Å²) >= 11 is 0. The highest BCUT2D eigenvalue weighted by Gasteiger charge is 2.33. The van der Waals surface area contributed by atoms with Gasteiger partial charge in [-0.05, 0) is 39.2 Å². The highest BCUT2D eigenvalue weighted by Crippen LogP contribution is 2.28. The quantitative estimate of drug-likeness (QED) is 0.743. The molecule has 1 aliphatic carbocycles. The largest absolute Gasteiger partial charge is 0.464 e. The summed E-state index contributed by atoms with van der Waals surface area (Å²) in [6, 6.07) is 9.22. The van der Waals surface area contributed by atoms with Crippen molar-refractivity contribution < 1.29 is 14.3 Å². The molecule has 1 aliphatic rings. The molecule has 6 heteroatoms. The van der Waals surface area contributed by atoms with E-state index in [1.165, 1.54) is 0 Å². The smallest absolute Gasteiger partial charge is 0.333 e. The summed E-state index contributed by atoms with van der Waals surface area (Å²) in [5.41, 5.74) is 3.47. The minimum Gasteiger partial charge on any atom is -0.464 e. The minimum absolute atomic E-state index is 0.0168. The van der Waals surface area contributed by atoms with E-state index in [0.717, 1.165) is 48.2 Å². The summed E-state index contributed by atoms with van der Waals surface area (Å²) in [7, 11) is 0. The molecular weight excluding hydrogens is 354 g/mol. The Morgan fingerprint density at radius 2 is 1.89 bits per heavy atom. The van der Waals surface area contributed by atoms with Gasteiger partial charge in [0.1, 0.15) is 0 Å². The van der Waals surface area contributed by atoms with Crippen LogP contribution < -0.4 is 5.32 Å². The van der Waals surface area contributed by atoms with Crippen LogP contribution in [-0.2, 0) is 20.9 Å². The van der Waals surface area contributed by atoms with Crippen molar-refractivity contribution in [2.75, 3.05) is 6.61 Å². The predicted molar refractivity (Wildman–Crippen MR) is 107 cm³/mol. The third kappa shape index (κ3) is 4.43. The van der Waals surface area contributed by atoms with Gasteiger partial charge in [0.15, 0.2) is 6.04 Å². The highest BCUT2D eigenvalue weighted by atomic mass is 16.5. The zero-order chi connectivity index (χ0) is 20.1. The number of aryl methyl sites for hydroxylation is 1. The molecule has 0 aliphatic heterocycles. The van der Waals surface area contributed by atoms with E-state index >= 15 is 0 Å². The van der Waals surface area contributed by atoms with E-state index in [4.69, 9.17) is 4.74 Å². The molecule has 1 N–H and O–H groups in total. The van der Waals surface area contributed by atoms with Crippen molar-refractivity contribution in [1.29, 1.82) is 0 Å². The van der Waals surface area contributed by atoms with Crippen LogP contribution in [0.4, 0.5) is 0 Å². The van der Waals surface area contributed by atoms with Crippen molar-refractivity contribution in [2.45, 2.75) is 59.0 Å². The third-order valence-corrected chi connectivity index (χ3v) is 5.44.